The number of sulfone groups is 1. The molecule has 1 fully saturated rings. The molecular formula is C28H35N3O3S. The zero-order valence-corrected chi connectivity index (χ0v) is 21.9. The van der Waals surface area contributed by atoms with Crippen molar-refractivity contribution in [3.05, 3.63) is 70.9 Å². The van der Waals surface area contributed by atoms with Gasteiger partial charge in [0.1, 0.15) is 0 Å². The summed E-state index contributed by atoms with van der Waals surface area (Å²) in [6, 6.07) is 12.6. The lowest BCUT2D eigenvalue weighted by Gasteiger charge is -2.27. The molecule has 1 aromatic heterocycles. The van der Waals surface area contributed by atoms with Gasteiger partial charge in [-0.3, -0.25) is 4.79 Å². The SMILES string of the molecule is Cc1cccc(C)c1-c1c(C)c(C(=O)Nc2ccc(S(C)(=O)=O)cc2)cn1CCN1CCCCC1. The van der Waals surface area contributed by atoms with Crippen LogP contribution in [0.15, 0.2) is 53.6 Å². The number of nitrogens with zero attached hydrogens (tertiary/aromatic N) is 2. The minimum atomic E-state index is -3.28. The van der Waals surface area contributed by atoms with Crippen LogP contribution < -0.4 is 5.32 Å². The number of hydrogen-bond acceptors (Lipinski definition) is 4. The van der Waals surface area contributed by atoms with E-state index in [0.29, 0.717) is 11.3 Å². The van der Waals surface area contributed by atoms with Gasteiger partial charge in [-0.2, -0.15) is 0 Å². The van der Waals surface area contributed by atoms with Crippen molar-refractivity contribution in [2.45, 2.75) is 51.5 Å². The van der Waals surface area contributed by atoms with Crippen LogP contribution in [0.2, 0.25) is 0 Å². The summed E-state index contributed by atoms with van der Waals surface area (Å²) in [6.07, 6.45) is 6.95. The predicted molar refractivity (Wildman–Crippen MR) is 142 cm³/mol. The van der Waals surface area contributed by atoms with Crippen LogP contribution in [0.3, 0.4) is 0 Å². The molecule has 186 valence electrons. The van der Waals surface area contributed by atoms with Gasteiger partial charge in [0.2, 0.25) is 0 Å². The van der Waals surface area contributed by atoms with E-state index in [1.807, 2.05) is 13.1 Å². The Balaban J connectivity index is 1.66. The second-order valence-corrected chi connectivity index (χ2v) is 11.6. The number of nitrogens with one attached hydrogen (secondary N) is 1. The maximum absolute atomic E-state index is 13.3. The molecule has 35 heavy (non-hydrogen) atoms. The van der Waals surface area contributed by atoms with Gasteiger partial charge in [-0.15, -0.1) is 0 Å². The monoisotopic (exact) mass is 493 g/mol. The topological polar surface area (TPSA) is 71.4 Å². The molecule has 1 amide bonds. The lowest BCUT2D eigenvalue weighted by atomic mass is 9.96. The Bertz CT molecular complexity index is 1300. The normalized spacial score (nSPS) is 14.7. The minimum absolute atomic E-state index is 0.196. The molecule has 0 atom stereocenters. The second-order valence-electron chi connectivity index (χ2n) is 9.63. The van der Waals surface area contributed by atoms with E-state index in [9.17, 15) is 13.2 Å². The van der Waals surface area contributed by atoms with Crippen LogP contribution in [0.4, 0.5) is 5.69 Å². The van der Waals surface area contributed by atoms with E-state index in [2.05, 4.69) is 46.8 Å². The van der Waals surface area contributed by atoms with Gasteiger partial charge in [0.15, 0.2) is 9.84 Å². The molecule has 2 aromatic carbocycles. The van der Waals surface area contributed by atoms with Crippen molar-refractivity contribution < 1.29 is 13.2 Å². The van der Waals surface area contributed by atoms with Gasteiger partial charge in [0, 0.05) is 36.8 Å². The lowest BCUT2D eigenvalue weighted by molar-refractivity contribution is 0.102. The molecule has 7 heteroatoms. The smallest absolute Gasteiger partial charge is 0.257 e. The Labute approximate surface area is 208 Å². The zero-order chi connectivity index (χ0) is 25.2. The first-order valence-corrected chi connectivity index (χ1v) is 14.1. The van der Waals surface area contributed by atoms with Crippen LogP contribution in [0, 0.1) is 20.8 Å². The molecule has 0 saturated carbocycles. The third-order valence-electron chi connectivity index (χ3n) is 6.94. The number of piperidine rings is 1. The quantitative estimate of drug-likeness (QED) is 0.490. The van der Waals surface area contributed by atoms with Gasteiger partial charge in [-0.25, -0.2) is 8.42 Å². The fourth-order valence-corrected chi connectivity index (χ4v) is 5.63. The average Bonchev–Trinajstić information content (AvgIpc) is 3.14. The molecule has 4 rings (SSSR count). The Morgan fingerprint density at radius 1 is 0.914 bits per heavy atom. The summed E-state index contributed by atoms with van der Waals surface area (Å²) in [4.78, 5) is 16.1. The standard InChI is InChI=1S/C28H35N3O3S/c1-20-9-8-10-21(2)26(20)27-22(3)25(19-31(27)18-17-30-15-6-5-7-16-30)28(32)29-23-11-13-24(14-12-23)35(4,33)34/h8-14,19H,5-7,15-18H2,1-4H3,(H,29,32). The maximum atomic E-state index is 13.3. The Morgan fingerprint density at radius 2 is 1.54 bits per heavy atom. The molecule has 0 spiro atoms. The van der Waals surface area contributed by atoms with Crippen LogP contribution in [0.25, 0.3) is 11.3 Å². The molecule has 0 radical (unpaired) electrons. The van der Waals surface area contributed by atoms with Crippen LogP contribution in [0.5, 0.6) is 0 Å². The molecule has 6 nitrogen and oxygen atoms in total. The summed E-state index contributed by atoms with van der Waals surface area (Å²) in [5, 5.41) is 2.95. The first-order valence-electron chi connectivity index (χ1n) is 12.3. The highest BCUT2D eigenvalue weighted by Crippen LogP contribution is 2.33. The molecule has 3 aromatic rings. The molecule has 0 bridgehead atoms. The van der Waals surface area contributed by atoms with Gasteiger partial charge in [-0.05, 0) is 87.7 Å². The number of likely N-dealkylation sites (tertiary alicyclic amines) is 1. The fourth-order valence-electron chi connectivity index (χ4n) is 5.00. The van der Waals surface area contributed by atoms with Gasteiger partial charge in [0.05, 0.1) is 16.2 Å². The van der Waals surface area contributed by atoms with Crippen molar-refractivity contribution in [1.82, 2.24) is 9.47 Å². The summed E-state index contributed by atoms with van der Waals surface area (Å²) >= 11 is 0. The van der Waals surface area contributed by atoms with Crippen molar-refractivity contribution in [2.75, 3.05) is 31.2 Å². The van der Waals surface area contributed by atoms with Gasteiger partial charge < -0.3 is 14.8 Å². The molecule has 0 unspecified atom stereocenters. The predicted octanol–water partition coefficient (Wildman–Crippen LogP) is 5.22. The van der Waals surface area contributed by atoms with E-state index >= 15 is 0 Å². The second kappa shape index (κ2) is 10.4. The largest absolute Gasteiger partial charge is 0.345 e. The highest BCUT2D eigenvalue weighted by Gasteiger charge is 2.22. The average molecular weight is 494 g/mol. The Kier molecular flexibility index (Phi) is 7.47. The van der Waals surface area contributed by atoms with E-state index in [1.54, 1.807) is 12.1 Å². The first-order chi connectivity index (χ1) is 16.6. The number of aryl methyl sites for hydroxylation is 2. The summed E-state index contributed by atoms with van der Waals surface area (Å²) in [5.74, 6) is -0.196. The molecule has 1 N–H and O–H groups in total. The number of aromatic nitrogens is 1. The van der Waals surface area contributed by atoms with E-state index in [4.69, 9.17) is 0 Å². The van der Waals surface area contributed by atoms with Gasteiger partial charge in [-0.1, -0.05) is 24.6 Å². The van der Waals surface area contributed by atoms with Crippen molar-refractivity contribution in [1.29, 1.82) is 0 Å². The van der Waals surface area contributed by atoms with E-state index < -0.39 is 9.84 Å². The van der Waals surface area contributed by atoms with E-state index in [0.717, 1.165) is 37.4 Å². The van der Waals surface area contributed by atoms with Gasteiger partial charge in [0.25, 0.3) is 5.91 Å². The third-order valence-corrected chi connectivity index (χ3v) is 8.07. The van der Waals surface area contributed by atoms with Crippen LogP contribution in [0.1, 0.15) is 46.3 Å². The number of amides is 1. The summed E-state index contributed by atoms with van der Waals surface area (Å²) in [7, 11) is -3.28. The Hall–Kier alpha value is -2.90. The molecular weight excluding hydrogens is 458 g/mol. The lowest BCUT2D eigenvalue weighted by Crippen LogP contribution is -2.32. The van der Waals surface area contributed by atoms with E-state index in [-0.39, 0.29) is 10.8 Å². The maximum Gasteiger partial charge on any atom is 0.257 e. The van der Waals surface area contributed by atoms with E-state index in [1.165, 1.54) is 54.3 Å². The number of anilines is 1. The van der Waals surface area contributed by atoms with Crippen molar-refractivity contribution in [2.24, 2.45) is 0 Å². The minimum Gasteiger partial charge on any atom is -0.345 e. The number of benzene rings is 2. The summed E-state index contributed by atoms with van der Waals surface area (Å²) in [5.41, 5.74) is 6.80. The fraction of sp³-hybridized carbons (Fsp3) is 0.393. The Morgan fingerprint density at radius 3 is 2.14 bits per heavy atom. The molecule has 2 heterocycles. The number of rotatable bonds is 7. The third kappa shape index (κ3) is 5.68. The molecule has 1 saturated heterocycles. The molecule has 0 aliphatic carbocycles. The summed E-state index contributed by atoms with van der Waals surface area (Å²) < 4.78 is 25.7. The zero-order valence-electron chi connectivity index (χ0n) is 21.1. The highest BCUT2D eigenvalue weighted by atomic mass is 32.2. The first kappa shape index (κ1) is 25.2. The van der Waals surface area contributed by atoms with Crippen molar-refractivity contribution in [3.8, 4) is 11.3 Å². The van der Waals surface area contributed by atoms with Gasteiger partial charge >= 0.3 is 0 Å². The highest BCUT2D eigenvalue weighted by molar-refractivity contribution is 7.90. The number of carbonyl (C=O) groups is 1. The summed E-state index contributed by atoms with van der Waals surface area (Å²) in [6.45, 7) is 10.3. The van der Waals surface area contributed by atoms with Crippen LogP contribution >= 0.6 is 0 Å². The van der Waals surface area contributed by atoms with Crippen molar-refractivity contribution >= 4 is 21.4 Å². The van der Waals surface area contributed by atoms with Crippen LogP contribution in [-0.4, -0.2) is 49.7 Å². The molecule has 1 aliphatic heterocycles. The van der Waals surface area contributed by atoms with Crippen molar-refractivity contribution in [3.63, 3.8) is 0 Å². The number of carbonyl (C=O) groups excluding carboxylic acids is 1. The molecule has 1 aliphatic rings. The van der Waals surface area contributed by atoms with Crippen LogP contribution in [-0.2, 0) is 16.4 Å². The number of hydrogen-bond donors (Lipinski definition) is 1.